The third-order valence-corrected chi connectivity index (χ3v) is 3.85. The van der Waals surface area contributed by atoms with Gasteiger partial charge in [0.1, 0.15) is 5.82 Å². The van der Waals surface area contributed by atoms with Gasteiger partial charge in [0.2, 0.25) is 0 Å². The molecule has 0 bridgehead atoms. The number of aryl methyl sites for hydroxylation is 2. The summed E-state index contributed by atoms with van der Waals surface area (Å²) in [5.41, 5.74) is 3.87. The van der Waals surface area contributed by atoms with Gasteiger partial charge in [0, 0.05) is 31.0 Å². The Morgan fingerprint density at radius 3 is 2.40 bits per heavy atom. The van der Waals surface area contributed by atoms with E-state index in [1.165, 1.54) is 16.8 Å². The van der Waals surface area contributed by atoms with Crippen LogP contribution in [0.5, 0.6) is 0 Å². The van der Waals surface area contributed by atoms with E-state index in [0.717, 1.165) is 25.3 Å². The number of hydrogen-bond donors (Lipinski definition) is 1. The molecule has 3 nitrogen and oxygen atoms in total. The molecule has 2 aromatic rings. The quantitative estimate of drug-likeness (QED) is 0.866. The van der Waals surface area contributed by atoms with Crippen molar-refractivity contribution in [2.75, 3.05) is 0 Å². The molecule has 0 unspecified atom stereocenters. The molecule has 0 saturated carbocycles. The molecule has 20 heavy (non-hydrogen) atoms. The van der Waals surface area contributed by atoms with Crippen molar-refractivity contribution >= 4 is 0 Å². The van der Waals surface area contributed by atoms with Gasteiger partial charge in [-0.2, -0.15) is 0 Å². The van der Waals surface area contributed by atoms with Crippen molar-refractivity contribution in [2.45, 2.75) is 53.2 Å². The molecule has 3 heteroatoms. The molecule has 0 amide bonds. The lowest BCUT2D eigenvalue weighted by Crippen LogP contribution is -2.31. The lowest BCUT2D eigenvalue weighted by Gasteiger charge is -2.28. The molecule has 0 radical (unpaired) electrons. The normalized spacial score (nSPS) is 12.8. The molecule has 1 N–H and O–H groups in total. The fraction of sp³-hybridized carbons (Fsp3) is 0.471. The van der Waals surface area contributed by atoms with Crippen LogP contribution in [0.2, 0.25) is 0 Å². The zero-order valence-corrected chi connectivity index (χ0v) is 13.0. The van der Waals surface area contributed by atoms with Crippen LogP contribution in [-0.2, 0) is 13.1 Å². The average Bonchev–Trinajstić information content (AvgIpc) is 2.85. The number of aromatic nitrogens is 2. The Balaban J connectivity index is 2.09. The van der Waals surface area contributed by atoms with E-state index in [-0.39, 0.29) is 0 Å². The Hall–Kier alpha value is -1.61. The summed E-state index contributed by atoms with van der Waals surface area (Å²) < 4.78 is 0. The number of hydrogen-bond acceptors (Lipinski definition) is 2. The second kappa shape index (κ2) is 6.71. The molecule has 0 aliphatic rings. The first-order valence-corrected chi connectivity index (χ1v) is 7.38. The molecule has 1 aromatic heterocycles. The van der Waals surface area contributed by atoms with E-state index in [1.54, 1.807) is 0 Å². The second-order valence-corrected chi connectivity index (χ2v) is 5.64. The van der Waals surface area contributed by atoms with E-state index >= 15 is 0 Å². The predicted octanol–water partition coefficient (Wildman–Crippen LogP) is 3.83. The molecule has 0 spiro atoms. The van der Waals surface area contributed by atoms with Crippen molar-refractivity contribution < 1.29 is 0 Å². The smallest absolute Gasteiger partial charge is 0.103 e. The highest BCUT2D eigenvalue weighted by atomic mass is 15.2. The second-order valence-electron chi connectivity index (χ2n) is 5.64. The first kappa shape index (κ1) is 14.8. The van der Waals surface area contributed by atoms with Crippen molar-refractivity contribution in [3.8, 4) is 0 Å². The summed E-state index contributed by atoms with van der Waals surface area (Å²) in [6, 6.07) is 9.38. The summed E-state index contributed by atoms with van der Waals surface area (Å²) in [5.74, 6) is 0.986. The van der Waals surface area contributed by atoms with E-state index in [9.17, 15) is 0 Å². The van der Waals surface area contributed by atoms with Crippen LogP contribution in [0.3, 0.4) is 0 Å². The fourth-order valence-electron chi connectivity index (χ4n) is 2.32. The van der Waals surface area contributed by atoms with Crippen molar-refractivity contribution in [2.24, 2.45) is 0 Å². The van der Waals surface area contributed by atoms with Crippen molar-refractivity contribution in [1.82, 2.24) is 14.9 Å². The van der Waals surface area contributed by atoms with Crippen LogP contribution in [0.4, 0.5) is 0 Å². The maximum atomic E-state index is 4.29. The largest absolute Gasteiger partial charge is 0.345 e. The Morgan fingerprint density at radius 2 is 1.85 bits per heavy atom. The predicted molar refractivity (Wildman–Crippen MR) is 83.5 cm³/mol. The minimum absolute atomic E-state index is 0.555. The lowest BCUT2D eigenvalue weighted by atomic mass is 10.1. The third kappa shape index (κ3) is 3.94. The SMILES string of the molecule is CC[C@@H](C)N(Cc1ccc(C)cc1)Cc1cnc(C)[nH]1. The number of rotatable bonds is 6. The molecular formula is C17H25N3. The molecule has 108 valence electrons. The van der Waals surface area contributed by atoms with E-state index in [2.05, 4.69) is 59.9 Å². The number of imidazole rings is 1. The van der Waals surface area contributed by atoms with Gasteiger partial charge >= 0.3 is 0 Å². The molecular weight excluding hydrogens is 246 g/mol. The Morgan fingerprint density at radius 1 is 1.15 bits per heavy atom. The fourth-order valence-corrected chi connectivity index (χ4v) is 2.32. The topological polar surface area (TPSA) is 31.9 Å². The van der Waals surface area contributed by atoms with Gasteiger partial charge in [-0.1, -0.05) is 36.8 Å². The molecule has 0 saturated heterocycles. The van der Waals surface area contributed by atoms with Crippen molar-refractivity contribution in [3.05, 3.63) is 53.1 Å². The van der Waals surface area contributed by atoms with Crippen LogP contribution in [0.25, 0.3) is 0 Å². The summed E-state index contributed by atoms with van der Waals surface area (Å²) in [6.45, 7) is 10.6. The Kier molecular flexibility index (Phi) is 4.96. The maximum absolute atomic E-state index is 4.29. The molecule has 1 heterocycles. The van der Waals surface area contributed by atoms with Crippen LogP contribution in [-0.4, -0.2) is 20.9 Å². The zero-order chi connectivity index (χ0) is 14.5. The zero-order valence-electron chi connectivity index (χ0n) is 13.0. The van der Waals surface area contributed by atoms with Gasteiger partial charge in [-0.25, -0.2) is 4.98 Å². The third-order valence-electron chi connectivity index (χ3n) is 3.85. The summed E-state index contributed by atoms with van der Waals surface area (Å²) in [4.78, 5) is 10.1. The highest BCUT2D eigenvalue weighted by molar-refractivity contribution is 5.21. The van der Waals surface area contributed by atoms with E-state index in [0.29, 0.717) is 6.04 Å². The summed E-state index contributed by atoms with van der Waals surface area (Å²) in [7, 11) is 0. The molecule has 0 fully saturated rings. The van der Waals surface area contributed by atoms with Gasteiger partial charge in [0.15, 0.2) is 0 Å². The summed E-state index contributed by atoms with van der Waals surface area (Å²) >= 11 is 0. The minimum atomic E-state index is 0.555. The molecule has 1 atom stereocenters. The van der Waals surface area contributed by atoms with Crippen LogP contribution in [0.15, 0.2) is 30.5 Å². The van der Waals surface area contributed by atoms with Crippen LogP contribution in [0, 0.1) is 13.8 Å². The van der Waals surface area contributed by atoms with E-state index in [4.69, 9.17) is 0 Å². The molecule has 1 aromatic carbocycles. The Bertz CT molecular complexity index is 527. The van der Waals surface area contributed by atoms with Gasteiger partial charge in [-0.3, -0.25) is 4.90 Å². The number of aromatic amines is 1. The summed E-state index contributed by atoms with van der Waals surface area (Å²) in [6.07, 6.45) is 3.10. The molecule has 0 aliphatic carbocycles. The van der Waals surface area contributed by atoms with E-state index < -0.39 is 0 Å². The van der Waals surface area contributed by atoms with Crippen LogP contribution in [0.1, 0.15) is 42.9 Å². The number of H-pyrrole nitrogens is 1. The van der Waals surface area contributed by atoms with Crippen molar-refractivity contribution in [3.63, 3.8) is 0 Å². The maximum Gasteiger partial charge on any atom is 0.103 e. The Labute approximate surface area is 122 Å². The number of nitrogens with zero attached hydrogens (tertiary/aromatic N) is 2. The van der Waals surface area contributed by atoms with Gasteiger partial charge < -0.3 is 4.98 Å². The minimum Gasteiger partial charge on any atom is -0.345 e. The highest BCUT2D eigenvalue weighted by Crippen LogP contribution is 2.15. The van der Waals surface area contributed by atoms with Crippen molar-refractivity contribution in [1.29, 1.82) is 0 Å². The first-order chi connectivity index (χ1) is 9.58. The summed E-state index contributed by atoms with van der Waals surface area (Å²) in [5, 5.41) is 0. The molecule has 0 aliphatic heterocycles. The first-order valence-electron chi connectivity index (χ1n) is 7.38. The lowest BCUT2D eigenvalue weighted by molar-refractivity contribution is 0.184. The van der Waals surface area contributed by atoms with Gasteiger partial charge in [0.05, 0.1) is 0 Å². The number of nitrogens with one attached hydrogen (secondary N) is 1. The van der Waals surface area contributed by atoms with Crippen LogP contribution < -0.4 is 0 Å². The molecule has 2 rings (SSSR count). The van der Waals surface area contributed by atoms with Crippen LogP contribution >= 0.6 is 0 Å². The monoisotopic (exact) mass is 271 g/mol. The van der Waals surface area contributed by atoms with Gasteiger partial charge in [-0.05, 0) is 32.8 Å². The highest BCUT2D eigenvalue weighted by Gasteiger charge is 2.14. The van der Waals surface area contributed by atoms with Gasteiger partial charge in [-0.15, -0.1) is 0 Å². The average molecular weight is 271 g/mol. The standard InChI is InChI=1S/C17H25N3/c1-5-14(3)20(12-17-10-18-15(4)19-17)11-16-8-6-13(2)7-9-16/h6-10,14H,5,11-12H2,1-4H3,(H,18,19)/t14-/m1/s1. The van der Waals surface area contributed by atoms with Gasteiger partial charge in [0.25, 0.3) is 0 Å². The van der Waals surface area contributed by atoms with E-state index in [1.807, 2.05) is 13.1 Å². The number of benzene rings is 1.